The van der Waals surface area contributed by atoms with Crippen molar-refractivity contribution < 1.29 is 24.3 Å². The molecule has 0 radical (unpaired) electrons. The first-order valence-corrected chi connectivity index (χ1v) is 13.2. The maximum Gasteiger partial charge on any atom is 0.335 e. The number of nitro groups is 1. The summed E-state index contributed by atoms with van der Waals surface area (Å²) >= 11 is 3.38. The monoisotopic (exact) mass is 608 g/mol. The zero-order valence-corrected chi connectivity index (χ0v) is 23.3. The Kier molecular flexibility index (Phi) is 8.90. The average molecular weight is 609 g/mol. The molecule has 0 spiro atoms. The highest BCUT2D eigenvalue weighted by atomic mass is 79.9. The zero-order valence-electron chi connectivity index (χ0n) is 21.7. The molecule has 0 aliphatic rings. The molecule has 1 aromatic heterocycles. The Labute approximate surface area is 237 Å². The van der Waals surface area contributed by atoms with Gasteiger partial charge in [0.05, 0.1) is 34.2 Å². The van der Waals surface area contributed by atoms with E-state index in [9.17, 15) is 19.7 Å². The normalized spacial score (nSPS) is 11.2. The molecule has 40 heavy (non-hydrogen) atoms. The molecule has 12 heteroatoms. The third-order valence-electron chi connectivity index (χ3n) is 5.81. The number of carboxylic acid groups (broad SMARTS) is 1. The van der Waals surface area contributed by atoms with Crippen molar-refractivity contribution in [3.8, 4) is 11.5 Å². The summed E-state index contributed by atoms with van der Waals surface area (Å²) in [5.41, 5.74) is 0.888. The van der Waals surface area contributed by atoms with E-state index in [4.69, 9.17) is 14.6 Å². The lowest BCUT2D eigenvalue weighted by Crippen LogP contribution is -2.22. The number of rotatable bonds is 11. The molecule has 0 aliphatic carbocycles. The Morgan fingerprint density at radius 3 is 2.55 bits per heavy atom. The van der Waals surface area contributed by atoms with Crippen LogP contribution in [0.25, 0.3) is 10.9 Å². The Balaban J connectivity index is 1.72. The molecule has 4 aromatic rings. The van der Waals surface area contributed by atoms with Crippen LogP contribution >= 0.6 is 15.9 Å². The first kappa shape index (κ1) is 28.4. The number of nitro benzene ring substituents is 1. The zero-order chi connectivity index (χ0) is 28.8. The quantitative estimate of drug-likeness (QED) is 0.132. The van der Waals surface area contributed by atoms with Gasteiger partial charge in [0.1, 0.15) is 12.4 Å². The van der Waals surface area contributed by atoms with Gasteiger partial charge in [0.2, 0.25) is 5.75 Å². The number of carboxylic acids is 1. The van der Waals surface area contributed by atoms with Gasteiger partial charge < -0.3 is 14.6 Å². The Bertz CT molecular complexity index is 1670. The Hall–Kier alpha value is -4.58. The maximum atomic E-state index is 13.3. The molecule has 3 aromatic carbocycles. The van der Waals surface area contributed by atoms with E-state index in [2.05, 4.69) is 26.0 Å². The van der Waals surface area contributed by atoms with Gasteiger partial charge in [-0.1, -0.05) is 35.0 Å². The minimum Gasteiger partial charge on any atom is -0.490 e. The van der Waals surface area contributed by atoms with Crippen LogP contribution in [0.2, 0.25) is 0 Å². The third kappa shape index (κ3) is 6.34. The number of benzene rings is 3. The number of carbonyl (C=O) groups is 1. The lowest BCUT2D eigenvalue weighted by atomic mass is 10.1. The number of aromatic nitrogens is 2. The van der Waals surface area contributed by atoms with Crippen molar-refractivity contribution in [3.05, 3.63) is 102 Å². The molecule has 0 bridgehead atoms. The van der Waals surface area contributed by atoms with Crippen molar-refractivity contribution in [1.29, 1.82) is 0 Å². The van der Waals surface area contributed by atoms with Crippen molar-refractivity contribution in [1.82, 2.24) is 9.66 Å². The summed E-state index contributed by atoms with van der Waals surface area (Å²) in [4.78, 5) is 40.4. The number of hydrogen-bond acceptors (Lipinski definition) is 8. The fraction of sp³-hybridized carbons (Fsp3) is 0.214. The largest absolute Gasteiger partial charge is 0.490 e. The molecule has 0 atom stereocenters. The molecule has 0 saturated carbocycles. The lowest BCUT2D eigenvalue weighted by molar-refractivity contribution is -0.386. The van der Waals surface area contributed by atoms with Crippen molar-refractivity contribution in [3.63, 3.8) is 0 Å². The van der Waals surface area contributed by atoms with E-state index in [0.29, 0.717) is 34.3 Å². The van der Waals surface area contributed by atoms with Gasteiger partial charge in [-0.2, -0.15) is 9.78 Å². The van der Waals surface area contributed by atoms with Crippen LogP contribution in [-0.4, -0.2) is 38.5 Å². The van der Waals surface area contributed by atoms with Crippen molar-refractivity contribution in [2.45, 2.75) is 33.3 Å². The minimum atomic E-state index is -1.06. The van der Waals surface area contributed by atoms with E-state index >= 15 is 0 Å². The molecule has 1 N–H and O–H groups in total. The van der Waals surface area contributed by atoms with Crippen LogP contribution in [0, 0.1) is 10.1 Å². The summed E-state index contributed by atoms with van der Waals surface area (Å²) in [6.07, 6.45) is 2.58. The van der Waals surface area contributed by atoms with Crippen LogP contribution in [0.3, 0.4) is 0 Å². The molecule has 0 amide bonds. The van der Waals surface area contributed by atoms with E-state index in [-0.39, 0.29) is 41.5 Å². The Morgan fingerprint density at radius 1 is 1.15 bits per heavy atom. The summed E-state index contributed by atoms with van der Waals surface area (Å²) in [5, 5.41) is 25.8. The van der Waals surface area contributed by atoms with Gasteiger partial charge in [-0.3, -0.25) is 14.9 Å². The molecule has 0 fully saturated rings. The van der Waals surface area contributed by atoms with Crippen LogP contribution in [0.15, 0.2) is 69.0 Å². The van der Waals surface area contributed by atoms with Gasteiger partial charge in [0.15, 0.2) is 5.75 Å². The van der Waals surface area contributed by atoms with Crippen LogP contribution in [0.4, 0.5) is 5.69 Å². The molecule has 4 rings (SSSR count). The summed E-state index contributed by atoms with van der Waals surface area (Å²) in [6.45, 7) is 3.85. The number of nitrogens with zero attached hydrogens (tertiary/aromatic N) is 4. The fourth-order valence-electron chi connectivity index (χ4n) is 3.95. The highest BCUT2D eigenvalue weighted by molar-refractivity contribution is 9.10. The van der Waals surface area contributed by atoms with E-state index < -0.39 is 10.9 Å². The van der Waals surface area contributed by atoms with Gasteiger partial charge in [-0.05, 0) is 55.3 Å². The van der Waals surface area contributed by atoms with Gasteiger partial charge >= 0.3 is 11.7 Å². The highest BCUT2D eigenvalue weighted by Crippen LogP contribution is 2.39. The Morgan fingerprint density at radius 2 is 1.90 bits per heavy atom. The first-order valence-electron chi connectivity index (χ1n) is 12.4. The topological polar surface area (TPSA) is 146 Å². The van der Waals surface area contributed by atoms with Crippen LogP contribution in [-0.2, 0) is 13.0 Å². The van der Waals surface area contributed by atoms with Crippen LogP contribution < -0.4 is 15.0 Å². The number of aromatic carboxylic acids is 1. The second-order valence-electron chi connectivity index (χ2n) is 8.65. The second kappa shape index (κ2) is 12.5. The minimum absolute atomic E-state index is 0.0532. The number of halogens is 1. The number of fused-ring (bicyclic) bond motifs is 1. The SMILES string of the molecule is CCCc1nc2ccc(Br)cc2c(=O)n1N=Cc1cc(OCC)c(OCc2ccc(C(=O)O)cc2)c([N+](=O)[O-])c1. The van der Waals surface area contributed by atoms with Crippen molar-refractivity contribution >= 4 is 44.7 Å². The second-order valence-corrected chi connectivity index (χ2v) is 9.56. The molecule has 0 aliphatic heterocycles. The van der Waals surface area contributed by atoms with Crippen LogP contribution in [0.5, 0.6) is 11.5 Å². The van der Waals surface area contributed by atoms with Gasteiger partial charge in [0, 0.05) is 22.5 Å². The lowest BCUT2D eigenvalue weighted by Gasteiger charge is -2.13. The average Bonchev–Trinajstić information content (AvgIpc) is 2.93. The first-order chi connectivity index (χ1) is 19.2. The fourth-order valence-corrected chi connectivity index (χ4v) is 4.31. The van der Waals surface area contributed by atoms with E-state index in [1.807, 2.05) is 6.92 Å². The van der Waals surface area contributed by atoms with Crippen molar-refractivity contribution in [2.75, 3.05) is 6.61 Å². The highest BCUT2D eigenvalue weighted by Gasteiger charge is 2.23. The van der Waals surface area contributed by atoms with Gasteiger partial charge in [0.25, 0.3) is 5.56 Å². The molecule has 0 saturated heterocycles. The van der Waals surface area contributed by atoms with Crippen LogP contribution in [0.1, 0.15) is 47.6 Å². The number of hydrogen-bond donors (Lipinski definition) is 1. The molecular weight excluding hydrogens is 584 g/mol. The summed E-state index contributed by atoms with van der Waals surface area (Å²) in [6, 6.07) is 14.0. The van der Waals surface area contributed by atoms with Gasteiger partial charge in [-0.15, -0.1) is 0 Å². The predicted molar refractivity (Wildman–Crippen MR) is 153 cm³/mol. The molecule has 1 heterocycles. The predicted octanol–water partition coefficient (Wildman–Crippen LogP) is 5.58. The maximum absolute atomic E-state index is 13.3. The number of ether oxygens (including phenoxy) is 2. The molecule has 206 valence electrons. The molecule has 0 unspecified atom stereocenters. The van der Waals surface area contributed by atoms with E-state index in [1.54, 1.807) is 43.3 Å². The van der Waals surface area contributed by atoms with Crippen molar-refractivity contribution in [2.24, 2.45) is 5.10 Å². The van der Waals surface area contributed by atoms with E-state index in [1.165, 1.54) is 29.1 Å². The van der Waals surface area contributed by atoms with E-state index in [0.717, 1.165) is 10.9 Å². The molecular formula is C28H25BrN4O7. The standard InChI is InChI=1S/C28H25BrN4O7/c1-3-5-25-31-22-11-10-20(29)14-21(22)27(34)32(25)30-15-18-12-23(33(37)38)26(24(13-18)39-4-2)40-16-17-6-8-19(9-7-17)28(35)36/h6-15H,3-5,16H2,1-2H3,(H,35,36). The summed E-state index contributed by atoms with van der Waals surface area (Å²) in [5.74, 6) is -0.545. The number of aryl methyl sites for hydroxylation is 1. The smallest absolute Gasteiger partial charge is 0.335 e. The third-order valence-corrected chi connectivity index (χ3v) is 6.30. The summed E-state index contributed by atoms with van der Waals surface area (Å²) < 4.78 is 13.4. The summed E-state index contributed by atoms with van der Waals surface area (Å²) in [7, 11) is 0. The molecule has 11 nitrogen and oxygen atoms in total. The van der Waals surface area contributed by atoms with Gasteiger partial charge in [-0.25, -0.2) is 9.78 Å².